The number of unbranched alkanes of at least 4 members (excludes halogenated alkanes) is 4. The number of aliphatic carboxylic acids is 3. The Kier molecular flexibility index (Phi) is 10.7. The number of nitrogens with zero attached hydrogens (tertiary/aromatic N) is 1. The van der Waals surface area contributed by atoms with Gasteiger partial charge in [-0.25, -0.2) is 14.4 Å². The Hall–Kier alpha value is -1.89. The summed E-state index contributed by atoms with van der Waals surface area (Å²) in [7, 11) is 0. The van der Waals surface area contributed by atoms with Gasteiger partial charge >= 0.3 is 17.9 Å². The highest BCUT2D eigenvalue weighted by Gasteiger charge is 2.35. The first-order chi connectivity index (χ1) is 10.8. The Labute approximate surface area is 136 Å². The Morgan fingerprint density at radius 1 is 0.783 bits per heavy atom. The zero-order chi connectivity index (χ0) is 17.7. The Bertz CT molecular complexity index is 378. The molecular formula is C16H28NO6+. The average Bonchev–Trinajstić information content (AvgIpc) is 2.39. The lowest BCUT2D eigenvalue weighted by Crippen LogP contribution is -2.57. The second-order valence-electron chi connectivity index (χ2n) is 5.83. The molecule has 0 bridgehead atoms. The van der Waals surface area contributed by atoms with Crippen LogP contribution in [0.5, 0.6) is 0 Å². The Morgan fingerprint density at radius 2 is 1.26 bits per heavy atom. The van der Waals surface area contributed by atoms with Crippen LogP contribution in [0.25, 0.3) is 0 Å². The van der Waals surface area contributed by atoms with E-state index >= 15 is 0 Å². The van der Waals surface area contributed by atoms with Crippen molar-refractivity contribution in [3.63, 3.8) is 0 Å². The maximum absolute atomic E-state index is 11.0. The predicted molar refractivity (Wildman–Crippen MR) is 85.2 cm³/mol. The maximum atomic E-state index is 11.0. The molecular weight excluding hydrogens is 302 g/mol. The van der Waals surface area contributed by atoms with Crippen LogP contribution in [0, 0.1) is 0 Å². The molecule has 7 nitrogen and oxygen atoms in total. The van der Waals surface area contributed by atoms with E-state index in [9.17, 15) is 14.4 Å². The minimum absolute atomic E-state index is 0.240. The zero-order valence-corrected chi connectivity index (χ0v) is 13.7. The van der Waals surface area contributed by atoms with Crippen LogP contribution in [-0.4, -0.2) is 63.9 Å². The molecule has 0 unspecified atom stereocenters. The predicted octanol–water partition coefficient (Wildman–Crippen LogP) is 1.97. The number of quaternary nitrogens is 1. The molecule has 0 amide bonds. The first-order valence-electron chi connectivity index (χ1n) is 7.97. The smallest absolute Gasteiger partial charge is 0.359 e. The third-order valence-corrected chi connectivity index (χ3v) is 3.54. The van der Waals surface area contributed by atoms with Gasteiger partial charge in [0.15, 0.2) is 19.6 Å². The van der Waals surface area contributed by atoms with Crippen LogP contribution in [0.15, 0.2) is 12.2 Å². The molecule has 0 aromatic heterocycles. The molecule has 0 saturated carbocycles. The number of hydrogen-bond acceptors (Lipinski definition) is 3. The summed E-state index contributed by atoms with van der Waals surface area (Å²) in [6.07, 6.45) is 9.66. The second-order valence-corrected chi connectivity index (χ2v) is 5.83. The fourth-order valence-electron chi connectivity index (χ4n) is 2.55. The van der Waals surface area contributed by atoms with Gasteiger partial charge in [-0.05, 0) is 32.1 Å². The summed E-state index contributed by atoms with van der Waals surface area (Å²) in [6.45, 7) is 0.873. The Morgan fingerprint density at radius 3 is 1.70 bits per heavy atom. The van der Waals surface area contributed by atoms with Gasteiger partial charge in [0.05, 0.1) is 6.54 Å². The van der Waals surface area contributed by atoms with E-state index in [-0.39, 0.29) is 6.54 Å². The van der Waals surface area contributed by atoms with Crippen molar-refractivity contribution >= 4 is 17.9 Å². The van der Waals surface area contributed by atoms with E-state index in [2.05, 4.69) is 19.1 Å². The molecule has 7 heteroatoms. The number of rotatable bonds is 14. The standard InChI is InChI=1S/C16H27NO6/c1-2-3-4-5-6-7-8-9-10-17(11-14(18)19,12-15(20)21)13-16(22)23/h4-5H,2-3,6-13H2,1H3,(H2-,18,19,20,21,22,23)/p+1/b5-4+. The fraction of sp³-hybridized carbons (Fsp3) is 0.688. The molecule has 0 atom stereocenters. The molecule has 0 saturated heterocycles. The van der Waals surface area contributed by atoms with Gasteiger partial charge in [-0.3, -0.25) is 4.48 Å². The largest absolute Gasteiger partial charge is 0.477 e. The molecule has 0 fully saturated rings. The lowest BCUT2D eigenvalue weighted by molar-refractivity contribution is -0.907. The molecule has 0 heterocycles. The molecule has 0 spiro atoms. The maximum Gasteiger partial charge on any atom is 0.359 e. The van der Waals surface area contributed by atoms with Crippen LogP contribution in [0.1, 0.15) is 45.4 Å². The molecule has 0 aliphatic carbocycles. The molecule has 0 radical (unpaired) electrons. The number of carbonyl (C=O) groups is 3. The van der Waals surface area contributed by atoms with Crippen LogP contribution in [0.2, 0.25) is 0 Å². The highest BCUT2D eigenvalue weighted by molar-refractivity contribution is 5.73. The number of carboxylic acids is 3. The first kappa shape index (κ1) is 21.1. The number of hydrogen-bond donors (Lipinski definition) is 3. The minimum Gasteiger partial charge on any atom is -0.477 e. The van der Waals surface area contributed by atoms with Gasteiger partial charge in [0.25, 0.3) is 0 Å². The van der Waals surface area contributed by atoms with Crippen LogP contribution in [0.3, 0.4) is 0 Å². The van der Waals surface area contributed by atoms with Crippen LogP contribution in [0.4, 0.5) is 0 Å². The van der Waals surface area contributed by atoms with Gasteiger partial charge in [-0.2, -0.15) is 0 Å². The van der Waals surface area contributed by atoms with Crippen LogP contribution < -0.4 is 0 Å². The van der Waals surface area contributed by atoms with E-state index in [1.165, 1.54) is 0 Å². The van der Waals surface area contributed by atoms with Gasteiger partial charge in [0.2, 0.25) is 0 Å². The van der Waals surface area contributed by atoms with Crippen molar-refractivity contribution in [3.8, 4) is 0 Å². The summed E-state index contributed by atoms with van der Waals surface area (Å²) in [5, 5.41) is 27.0. The van der Waals surface area contributed by atoms with Crippen molar-refractivity contribution < 1.29 is 34.2 Å². The van der Waals surface area contributed by atoms with E-state index in [1.807, 2.05) is 0 Å². The van der Waals surface area contributed by atoms with Crippen molar-refractivity contribution in [1.82, 2.24) is 0 Å². The summed E-state index contributed by atoms with van der Waals surface area (Å²) in [5.41, 5.74) is 0. The summed E-state index contributed by atoms with van der Waals surface area (Å²) in [4.78, 5) is 33.0. The van der Waals surface area contributed by atoms with Crippen molar-refractivity contribution in [2.24, 2.45) is 0 Å². The second kappa shape index (κ2) is 11.6. The number of allylic oxidation sites excluding steroid dienone is 2. The van der Waals surface area contributed by atoms with Gasteiger partial charge < -0.3 is 15.3 Å². The molecule has 0 rings (SSSR count). The van der Waals surface area contributed by atoms with Crippen molar-refractivity contribution in [1.29, 1.82) is 0 Å². The molecule has 23 heavy (non-hydrogen) atoms. The lowest BCUT2D eigenvalue weighted by Gasteiger charge is -2.34. The summed E-state index contributed by atoms with van der Waals surface area (Å²) in [6, 6.07) is 0. The quantitative estimate of drug-likeness (QED) is 0.255. The van der Waals surface area contributed by atoms with Crippen LogP contribution in [-0.2, 0) is 14.4 Å². The monoisotopic (exact) mass is 330 g/mol. The highest BCUT2D eigenvalue weighted by Crippen LogP contribution is 2.12. The van der Waals surface area contributed by atoms with Gasteiger partial charge in [-0.1, -0.05) is 25.5 Å². The Balaban J connectivity index is 4.52. The van der Waals surface area contributed by atoms with Gasteiger partial charge in [0.1, 0.15) is 0 Å². The third-order valence-electron chi connectivity index (χ3n) is 3.54. The van der Waals surface area contributed by atoms with Gasteiger partial charge in [-0.15, -0.1) is 0 Å². The molecule has 132 valence electrons. The third kappa shape index (κ3) is 11.3. The molecule has 3 N–H and O–H groups in total. The minimum atomic E-state index is -1.19. The first-order valence-corrected chi connectivity index (χ1v) is 7.97. The number of carboxylic acid groups (broad SMARTS) is 3. The van der Waals surface area contributed by atoms with E-state index in [4.69, 9.17) is 15.3 Å². The van der Waals surface area contributed by atoms with E-state index in [1.54, 1.807) is 0 Å². The SMILES string of the molecule is CCC/C=C/CCCCC[N+](CC(=O)O)(CC(=O)O)CC(=O)O. The normalized spacial score (nSPS) is 11.7. The summed E-state index contributed by atoms with van der Waals surface area (Å²) in [5.74, 6) is -3.56. The summed E-state index contributed by atoms with van der Waals surface area (Å²) >= 11 is 0. The molecule has 0 aliphatic rings. The zero-order valence-electron chi connectivity index (χ0n) is 13.7. The average molecular weight is 330 g/mol. The molecule has 0 aromatic carbocycles. The van der Waals surface area contributed by atoms with Crippen molar-refractivity contribution in [3.05, 3.63) is 12.2 Å². The van der Waals surface area contributed by atoms with Crippen molar-refractivity contribution in [2.75, 3.05) is 26.2 Å². The van der Waals surface area contributed by atoms with E-state index in [0.29, 0.717) is 6.42 Å². The van der Waals surface area contributed by atoms with Crippen molar-refractivity contribution in [2.45, 2.75) is 45.4 Å². The van der Waals surface area contributed by atoms with E-state index < -0.39 is 42.0 Å². The van der Waals surface area contributed by atoms with E-state index in [0.717, 1.165) is 32.1 Å². The highest BCUT2D eigenvalue weighted by atomic mass is 16.4. The topological polar surface area (TPSA) is 112 Å². The fourth-order valence-corrected chi connectivity index (χ4v) is 2.55. The van der Waals surface area contributed by atoms with Crippen LogP contribution >= 0.6 is 0 Å². The molecule has 0 aromatic rings. The summed E-state index contributed by atoms with van der Waals surface area (Å²) < 4.78 is -0.453. The molecule has 0 aliphatic heterocycles. The van der Waals surface area contributed by atoms with Gasteiger partial charge in [0, 0.05) is 0 Å². The lowest BCUT2D eigenvalue weighted by atomic mass is 10.1.